The number of nitrogens with one attached hydrogen (secondary N) is 2. The smallest absolute Gasteiger partial charge is 0.148 e. The van der Waals surface area contributed by atoms with Gasteiger partial charge < -0.3 is 10.7 Å². The predicted octanol–water partition coefficient (Wildman–Crippen LogP) is 2.01. The van der Waals surface area contributed by atoms with Crippen LogP contribution in [0.4, 0.5) is 11.6 Å². The van der Waals surface area contributed by atoms with Crippen LogP contribution in [0.15, 0.2) is 6.33 Å². The lowest BCUT2D eigenvalue weighted by Crippen LogP contribution is -2.19. The number of nitrogen functional groups attached to an aromatic ring is 1. The van der Waals surface area contributed by atoms with E-state index in [2.05, 4.69) is 34.6 Å². The minimum atomic E-state index is 0.397. The Bertz CT molecular complexity index is 345. The van der Waals surface area contributed by atoms with E-state index in [4.69, 9.17) is 5.84 Å². The number of thioether (sulfide) groups is 1. The van der Waals surface area contributed by atoms with Gasteiger partial charge in [-0.2, -0.15) is 11.8 Å². The number of hydrazine groups is 1. The maximum Gasteiger partial charge on any atom is 0.148 e. The largest absolute Gasteiger partial charge is 0.367 e. The van der Waals surface area contributed by atoms with Gasteiger partial charge in [-0.15, -0.1) is 0 Å². The molecule has 1 heterocycles. The third-order valence-corrected chi connectivity index (χ3v) is 3.44. The van der Waals surface area contributed by atoms with E-state index in [0.717, 1.165) is 23.6 Å². The summed E-state index contributed by atoms with van der Waals surface area (Å²) < 4.78 is 0. The molecule has 17 heavy (non-hydrogen) atoms. The van der Waals surface area contributed by atoms with Crippen molar-refractivity contribution in [1.82, 2.24) is 9.97 Å². The van der Waals surface area contributed by atoms with Crippen LogP contribution < -0.4 is 16.6 Å². The van der Waals surface area contributed by atoms with Gasteiger partial charge in [0.2, 0.25) is 0 Å². The third kappa shape index (κ3) is 4.40. The number of anilines is 2. The molecule has 0 spiro atoms. The third-order valence-electron chi connectivity index (χ3n) is 2.50. The van der Waals surface area contributed by atoms with Crippen LogP contribution in [0.1, 0.15) is 25.8 Å². The Hall–Kier alpha value is -1.01. The molecule has 1 atom stereocenters. The monoisotopic (exact) mass is 255 g/mol. The molecule has 0 saturated carbocycles. The van der Waals surface area contributed by atoms with Crippen molar-refractivity contribution in [3.8, 4) is 0 Å². The van der Waals surface area contributed by atoms with Gasteiger partial charge in [0.1, 0.15) is 18.0 Å². The van der Waals surface area contributed by atoms with E-state index in [-0.39, 0.29) is 0 Å². The summed E-state index contributed by atoms with van der Waals surface area (Å²) in [5.41, 5.74) is 3.52. The molecule has 0 aromatic carbocycles. The van der Waals surface area contributed by atoms with E-state index >= 15 is 0 Å². The van der Waals surface area contributed by atoms with Crippen molar-refractivity contribution >= 4 is 23.4 Å². The SMILES string of the molecule is CCSCCC(C)Nc1ncnc(NN)c1C. The zero-order valence-corrected chi connectivity index (χ0v) is 11.5. The summed E-state index contributed by atoms with van der Waals surface area (Å²) in [6.07, 6.45) is 2.63. The molecule has 0 aliphatic heterocycles. The first-order chi connectivity index (χ1) is 8.19. The van der Waals surface area contributed by atoms with E-state index in [1.807, 2.05) is 18.7 Å². The van der Waals surface area contributed by atoms with Crippen molar-refractivity contribution in [3.63, 3.8) is 0 Å². The van der Waals surface area contributed by atoms with Crippen LogP contribution in [-0.2, 0) is 0 Å². The highest BCUT2D eigenvalue weighted by atomic mass is 32.2. The van der Waals surface area contributed by atoms with Gasteiger partial charge in [0.15, 0.2) is 0 Å². The van der Waals surface area contributed by atoms with Crippen molar-refractivity contribution in [2.75, 3.05) is 22.2 Å². The van der Waals surface area contributed by atoms with Crippen LogP contribution in [0.3, 0.4) is 0 Å². The quantitative estimate of drug-likeness (QED) is 0.393. The molecule has 0 amide bonds. The first kappa shape index (κ1) is 14.1. The van der Waals surface area contributed by atoms with Crippen molar-refractivity contribution in [2.24, 2.45) is 5.84 Å². The van der Waals surface area contributed by atoms with E-state index < -0.39 is 0 Å². The van der Waals surface area contributed by atoms with Crippen LogP contribution >= 0.6 is 11.8 Å². The number of hydrogen-bond donors (Lipinski definition) is 3. The lowest BCUT2D eigenvalue weighted by atomic mass is 10.2. The van der Waals surface area contributed by atoms with Gasteiger partial charge in [-0.05, 0) is 31.8 Å². The summed E-state index contributed by atoms with van der Waals surface area (Å²) in [6, 6.07) is 0.397. The molecule has 0 aliphatic carbocycles. The molecule has 0 fully saturated rings. The Kier molecular flexibility index (Phi) is 6.07. The number of nitrogens with two attached hydrogens (primary N) is 1. The Morgan fingerprint density at radius 3 is 2.76 bits per heavy atom. The maximum atomic E-state index is 5.38. The second-order valence-corrected chi connectivity index (χ2v) is 5.27. The molecular weight excluding hydrogens is 234 g/mol. The lowest BCUT2D eigenvalue weighted by molar-refractivity contribution is 0.764. The molecule has 0 bridgehead atoms. The first-order valence-corrected chi connectivity index (χ1v) is 6.97. The van der Waals surface area contributed by atoms with Crippen molar-refractivity contribution in [2.45, 2.75) is 33.2 Å². The average molecular weight is 255 g/mol. The highest BCUT2D eigenvalue weighted by Crippen LogP contribution is 2.18. The van der Waals surface area contributed by atoms with E-state index in [1.54, 1.807) is 0 Å². The molecule has 0 radical (unpaired) electrons. The average Bonchev–Trinajstić information content (AvgIpc) is 2.32. The number of rotatable bonds is 7. The van der Waals surface area contributed by atoms with Crippen molar-refractivity contribution < 1.29 is 0 Å². The molecule has 1 rings (SSSR count). The normalized spacial score (nSPS) is 12.2. The summed E-state index contributed by atoms with van der Waals surface area (Å²) in [6.45, 7) is 6.29. The molecule has 5 nitrogen and oxygen atoms in total. The molecular formula is C11H21N5S. The molecule has 96 valence electrons. The zero-order chi connectivity index (χ0) is 12.7. The second kappa shape index (κ2) is 7.34. The summed E-state index contributed by atoms with van der Waals surface area (Å²) in [5, 5.41) is 3.38. The van der Waals surface area contributed by atoms with Crippen molar-refractivity contribution in [3.05, 3.63) is 11.9 Å². The van der Waals surface area contributed by atoms with Crippen LogP contribution in [0, 0.1) is 6.92 Å². The summed E-state index contributed by atoms with van der Waals surface area (Å²) in [5.74, 6) is 9.22. The Labute approximate surface area is 107 Å². The van der Waals surface area contributed by atoms with Crippen LogP contribution in [0.25, 0.3) is 0 Å². The molecule has 1 aromatic rings. The molecule has 4 N–H and O–H groups in total. The predicted molar refractivity (Wildman–Crippen MR) is 75.3 cm³/mol. The van der Waals surface area contributed by atoms with Gasteiger partial charge in [0.05, 0.1) is 0 Å². The number of aromatic nitrogens is 2. The Morgan fingerprint density at radius 2 is 2.12 bits per heavy atom. The van der Waals surface area contributed by atoms with E-state index in [1.165, 1.54) is 12.1 Å². The van der Waals surface area contributed by atoms with Crippen LogP contribution in [0.5, 0.6) is 0 Å². The van der Waals surface area contributed by atoms with Crippen molar-refractivity contribution in [1.29, 1.82) is 0 Å². The van der Waals surface area contributed by atoms with E-state index in [9.17, 15) is 0 Å². The fraction of sp³-hybridized carbons (Fsp3) is 0.636. The molecule has 0 aliphatic rings. The minimum absolute atomic E-state index is 0.397. The highest BCUT2D eigenvalue weighted by Gasteiger charge is 2.08. The minimum Gasteiger partial charge on any atom is -0.367 e. The fourth-order valence-electron chi connectivity index (χ4n) is 1.45. The topological polar surface area (TPSA) is 75.9 Å². The fourth-order valence-corrected chi connectivity index (χ4v) is 2.26. The number of hydrogen-bond acceptors (Lipinski definition) is 6. The summed E-state index contributed by atoms with van der Waals surface area (Å²) in [4.78, 5) is 8.28. The van der Waals surface area contributed by atoms with Crippen LogP contribution in [-0.4, -0.2) is 27.5 Å². The highest BCUT2D eigenvalue weighted by molar-refractivity contribution is 7.99. The Balaban J connectivity index is 2.55. The molecule has 0 saturated heterocycles. The van der Waals surface area contributed by atoms with Gasteiger partial charge in [0.25, 0.3) is 0 Å². The van der Waals surface area contributed by atoms with Gasteiger partial charge >= 0.3 is 0 Å². The molecule has 6 heteroatoms. The van der Waals surface area contributed by atoms with Gasteiger partial charge in [-0.25, -0.2) is 15.8 Å². The first-order valence-electron chi connectivity index (χ1n) is 5.81. The molecule has 1 aromatic heterocycles. The van der Waals surface area contributed by atoms with Gasteiger partial charge in [0, 0.05) is 11.6 Å². The molecule has 1 unspecified atom stereocenters. The van der Waals surface area contributed by atoms with Crippen LogP contribution in [0.2, 0.25) is 0 Å². The maximum absolute atomic E-state index is 5.38. The Morgan fingerprint density at radius 1 is 1.41 bits per heavy atom. The van der Waals surface area contributed by atoms with Gasteiger partial charge in [-0.3, -0.25) is 0 Å². The lowest BCUT2D eigenvalue weighted by Gasteiger charge is -2.16. The zero-order valence-electron chi connectivity index (χ0n) is 10.7. The standard InChI is InChI=1S/C11H21N5S/c1-4-17-6-5-8(2)15-10-9(3)11(16-12)14-7-13-10/h7-8H,4-6,12H2,1-3H3,(H2,13,14,15,16). The van der Waals surface area contributed by atoms with E-state index in [0.29, 0.717) is 11.9 Å². The second-order valence-electron chi connectivity index (χ2n) is 3.87. The van der Waals surface area contributed by atoms with Gasteiger partial charge in [-0.1, -0.05) is 6.92 Å². The number of nitrogens with zero attached hydrogens (tertiary/aromatic N) is 2. The summed E-state index contributed by atoms with van der Waals surface area (Å²) in [7, 11) is 0. The summed E-state index contributed by atoms with van der Waals surface area (Å²) >= 11 is 1.95.